The van der Waals surface area contributed by atoms with Gasteiger partial charge in [0.05, 0.1) is 5.56 Å². The molecule has 0 fully saturated rings. The van der Waals surface area contributed by atoms with E-state index in [0.29, 0.717) is 12.1 Å². The molecule has 4 heteroatoms. The number of fused-ring (bicyclic) bond motifs is 1. The van der Waals surface area contributed by atoms with Gasteiger partial charge < -0.3 is 10.0 Å². The summed E-state index contributed by atoms with van der Waals surface area (Å²) in [7, 11) is 0. The topological polar surface area (TPSA) is 40.5 Å². The van der Waals surface area contributed by atoms with Gasteiger partial charge in [-0.1, -0.05) is 0 Å². The van der Waals surface area contributed by atoms with Gasteiger partial charge >= 0.3 is 5.97 Å². The van der Waals surface area contributed by atoms with E-state index in [1.807, 2.05) is 4.90 Å². The number of alkyl halides is 1. The van der Waals surface area contributed by atoms with E-state index in [-0.39, 0.29) is 6.67 Å². The maximum atomic E-state index is 12.3. The van der Waals surface area contributed by atoms with E-state index in [2.05, 4.69) is 0 Å². The Bertz CT molecular complexity index is 406. The molecule has 1 aliphatic heterocycles. The zero-order chi connectivity index (χ0) is 11.5. The molecule has 2 rings (SSSR count). The average Bonchev–Trinajstić information content (AvgIpc) is 2.29. The van der Waals surface area contributed by atoms with Crippen LogP contribution in [0, 0.1) is 0 Å². The van der Waals surface area contributed by atoms with Gasteiger partial charge in [0.15, 0.2) is 0 Å². The average molecular weight is 223 g/mol. The molecule has 1 aromatic carbocycles. The highest BCUT2D eigenvalue weighted by molar-refractivity contribution is 5.88. The van der Waals surface area contributed by atoms with Crippen LogP contribution in [0.1, 0.15) is 22.3 Å². The Labute approximate surface area is 93.5 Å². The lowest BCUT2D eigenvalue weighted by Crippen LogP contribution is -2.31. The molecule has 0 aromatic heterocycles. The monoisotopic (exact) mass is 223 g/mol. The Hall–Kier alpha value is -1.58. The zero-order valence-corrected chi connectivity index (χ0v) is 8.95. The van der Waals surface area contributed by atoms with E-state index in [4.69, 9.17) is 5.11 Å². The summed E-state index contributed by atoms with van der Waals surface area (Å²) in [6.07, 6.45) is 1.83. The van der Waals surface area contributed by atoms with Crippen molar-refractivity contribution < 1.29 is 14.3 Å². The summed E-state index contributed by atoms with van der Waals surface area (Å²) < 4.78 is 12.3. The molecule has 1 heterocycles. The summed E-state index contributed by atoms with van der Waals surface area (Å²) in [4.78, 5) is 12.8. The number of halogens is 1. The van der Waals surface area contributed by atoms with Gasteiger partial charge in [0, 0.05) is 18.8 Å². The minimum atomic E-state index is -0.912. The Morgan fingerprint density at radius 3 is 3.00 bits per heavy atom. The van der Waals surface area contributed by atoms with Crippen LogP contribution in [-0.2, 0) is 6.42 Å². The SMILES string of the molecule is O=C(O)c1ccc2c(c1)CCCN2CCF. The number of anilines is 1. The molecule has 0 amide bonds. The first-order valence-electron chi connectivity index (χ1n) is 5.39. The summed E-state index contributed by atoms with van der Waals surface area (Å²) in [5.74, 6) is -0.912. The summed E-state index contributed by atoms with van der Waals surface area (Å²) in [6.45, 7) is 0.864. The normalized spacial score (nSPS) is 14.7. The Morgan fingerprint density at radius 2 is 2.31 bits per heavy atom. The van der Waals surface area contributed by atoms with Crippen LogP contribution < -0.4 is 4.90 Å². The Kier molecular flexibility index (Phi) is 3.08. The van der Waals surface area contributed by atoms with Crippen molar-refractivity contribution in [2.75, 3.05) is 24.7 Å². The molecular formula is C12H14FNO2. The second kappa shape index (κ2) is 4.51. The van der Waals surface area contributed by atoms with Gasteiger partial charge in [-0.2, -0.15) is 0 Å². The Morgan fingerprint density at radius 1 is 1.50 bits per heavy atom. The molecule has 0 bridgehead atoms. The lowest BCUT2D eigenvalue weighted by Gasteiger charge is -2.30. The number of carbonyl (C=O) groups is 1. The first-order valence-corrected chi connectivity index (χ1v) is 5.39. The standard InChI is InChI=1S/C12H14FNO2/c13-5-7-14-6-1-2-9-8-10(12(15)16)3-4-11(9)14/h3-4,8H,1-2,5-7H2,(H,15,16). The van der Waals surface area contributed by atoms with Crippen molar-refractivity contribution in [3.8, 4) is 0 Å². The summed E-state index contributed by atoms with van der Waals surface area (Å²) in [6, 6.07) is 5.06. The molecule has 0 saturated heterocycles. The largest absolute Gasteiger partial charge is 0.478 e. The minimum Gasteiger partial charge on any atom is -0.478 e. The van der Waals surface area contributed by atoms with Crippen molar-refractivity contribution in [3.05, 3.63) is 29.3 Å². The van der Waals surface area contributed by atoms with Crippen molar-refractivity contribution >= 4 is 11.7 Å². The number of aryl methyl sites for hydroxylation is 1. The number of aromatic carboxylic acids is 1. The van der Waals surface area contributed by atoms with Crippen LogP contribution in [0.4, 0.5) is 10.1 Å². The third kappa shape index (κ3) is 2.01. The molecular weight excluding hydrogens is 209 g/mol. The van der Waals surface area contributed by atoms with Crippen molar-refractivity contribution in [3.63, 3.8) is 0 Å². The van der Waals surface area contributed by atoms with Crippen LogP contribution in [0.25, 0.3) is 0 Å². The quantitative estimate of drug-likeness (QED) is 0.853. The van der Waals surface area contributed by atoms with Gasteiger partial charge in [-0.05, 0) is 36.6 Å². The van der Waals surface area contributed by atoms with Crippen LogP contribution in [0.5, 0.6) is 0 Å². The van der Waals surface area contributed by atoms with Crippen molar-refractivity contribution in [1.29, 1.82) is 0 Å². The third-order valence-electron chi connectivity index (χ3n) is 2.90. The predicted molar refractivity (Wildman–Crippen MR) is 59.9 cm³/mol. The maximum absolute atomic E-state index is 12.3. The van der Waals surface area contributed by atoms with E-state index in [1.54, 1.807) is 18.2 Å². The van der Waals surface area contributed by atoms with Crippen molar-refractivity contribution in [2.24, 2.45) is 0 Å². The molecule has 1 aliphatic rings. The maximum Gasteiger partial charge on any atom is 0.335 e. The van der Waals surface area contributed by atoms with Gasteiger partial charge in [0.2, 0.25) is 0 Å². The molecule has 1 aromatic rings. The van der Waals surface area contributed by atoms with Gasteiger partial charge in [-0.25, -0.2) is 9.18 Å². The molecule has 0 unspecified atom stereocenters. The van der Waals surface area contributed by atoms with Crippen LogP contribution in [0.2, 0.25) is 0 Å². The second-order valence-electron chi connectivity index (χ2n) is 3.93. The molecule has 0 saturated carbocycles. The number of carboxylic acids is 1. The van der Waals surface area contributed by atoms with Gasteiger partial charge in [0.25, 0.3) is 0 Å². The Balaban J connectivity index is 2.32. The van der Waals surface area contributed by atoms with Gasteiger partial charge in [-0.15, -0.1) is 0 Å². The molecule has 0 radical (unpaired) electrons. The second-order valence-corrected chi connectivity index (χ2v) is 3.93. The van der Waals surface area contributed by atoms with Gasteiger partial charge in [-0.3, -0.25) is 0 Å². The third-order valence-corrected chi connectivity index (χ3v) is 2.90. The molecule has 86 valence electrons. The summed E-state index contributed by atoms with van der Waals surface area (Å²) in [5, 5.41) is 8.88. The predicted octanol–water partition coefficient (Wildman–Crippen LogP) is 2.11. The fourth-order valence-electron chi connectivity index (χ4n) is 2.14. The van der Waals surface area contributed by atoms with Gasteiger partial charge in [0.1, 0.15) is 6.67 Å². The first kappa shape index (κ1) is 10.9. The number of carboxylic acid groups (broad SMARTS) is 1. The highest BCUT2D eigenvalue weighted by Gasteiger charge is 2.17. The number of hydrogen-bond donors (Lipinski definition) is 1. The van der Waals surface area contributed by atoms with Crippen molar-refractivity contribution in [2.45, 2.75) is 12.8 Å². The molecule has 3 nitrogen and oxygen atoms in total. The smallest absolute Gasteiger partial charge is 0.335 e. The highest BCUT2D eigenvalue weighted by atomic mass is 19.1. The molecule has 0 aliphatic carbocycles. The molecule has 1 N–H and O–H groups in total. The fourth-order valence-corrected chi connectivity index (χ4v) is 2.14. The van der Waals surface area contributed by atoms with Crippen LogP contribution >= 0.6 is 0 Å². The van der Waals surface area contributed by atoms with E-state index in [9.17, 15) is 9.18 Å². The highest BCUT2D eigenvalue weighted by Crippen LogP contribution is 2.27. The summed E-state index contributed by atoms with van der Waals surface area (Å²) >= 11 is 0. The molecule has 16 heavy (non-hydrogen) atoms. The lowest BCUT2D eigenvalue weighted by atomic mass is 9.99. The van der Waals surface area contributed by atoms with Crippen LogP contribution in [0.15, 0.2) is 18.2 Å². The number of nitrogens with zero attached hydrogens (tertiary/aromatic N) is 1. The molecule has 0 atom stereocenters. The van der Waals surface area contributed by atoms with E-state index < -0.39 is 5.97 Å². The number of hydrogen-bond acceptors (Lipinski definition) is 2. The summed E-state index contributed by atoms with van der Waals surface area (Å²) in [5.41, 5.74) is 2.30. The number of benzene rings is 1. The van der Waals surface area contributed by atoms with Crippen LogP contribution in [-0.4, -0.2) is 30.8 Å². The fraction of sp³-hybridized carbons (Fsp3) is 0.417. The minimum absolute atomic E-state index is 0.306. The zero-order valence-electron chi connectivity index (χ0n) is 8.95. The van der Waals surface area contributed by atoms with Crippen molar-refractivity contribution in [1.82, 2.24) is 0 Å². The lowest BCUT2D eigenvalue weighted by molar-refractivity contribution is 0.0697. The first-order chi connectivity index (χ1) is 7.72. The van der Waals surface area contributed by atoms with E-state index in [1.165, 1.54) is 0 Å². The molecule has 0 spiro atoms. The number of rotatable bonds is 3. The van der Waals surface area contributed by atoms with Crippen LogP contribution in [0.3, 0.4) is 0 Å². The van der Waals surface area contributed by atoms with E-state index in [0.717, 1.165) is 30.6 Å². The van der Waals surface area contributed by atoms with E-state index >= 15 is 0 Å².